The van der Waals surface area contributed by atoms with Crippen LogP contribution in [0.3, 0.4) is 0 Å². The van der Waals surface area contributed by atoms with Crippen LogP contribution in [0, 0.1) is 0 Å². The molecular weight excluding hydrogens is 455 g/mol. The van der Waals surface area contributed by atoms with Crippen molar-refractivity contribution in [3.05, 3.63) is 93.5 Å². The Morgan fingerprint density at radius 3 is 2.33 bits per heavy atom. The van der Waals surface area contributed by atoms with Crippen molar-refractivity contribution < 1.29 is 9.47 Å². The largest absolute Gasteiger partial charge is 0.493 e. The third-order valence-electron chi connectivity index (χ3n) is 6.02. The van der Waals surface area contributed by atoms with E-state index in [1.54, 1.807) is 7.11 Å². The predicted molar refractivity (Wildman–Crippen MR) is 135 cm³/mol. The highest BCUT2D eigenvalue weighted by Gasteiger charge is 2.19. The van der Waals surface area contributed by atoms with Crippen LogP contribution in [0.4, 0.5) is 0 Å². The van der Waals surface area contributed by atoms with Gasteiger partial charge in [-0.2, -0.15) is 0 Å². The molecule has 3 aromatic rings. The summed E-state index contributed by atoms with van der Waals surface area (Å²) in [6.07, 6.45) is 2.28. The summed E-state index contributed by atoms with van der Waals surface area (Å²) in [7, 11) is 1.64. The molecule has 0 saturated carbocycles. The van der Waals surface area contributed by atoms with Gasteiger partial charge in [-0.25, -0.2) is 0 Å². The van der Waals surface area contributed by atoms with Gasteiger partial charge in [0.05, 0.1) is 12.1 Å². The van der Waals surface area contributed by atoms with Crippen LogP contribution in [0.1, 0.15) is 29.5 Å². The minimum absolute atomic E-state index is 0.395. The van der Waals surface area contributed by atoms with Crippen molar-refractivity contribution in [3.8, 4) is 11.5 Å². The van der Waals surface area contributed by atoms with E-state index >= 15 is 0 Å². The lowest BCUT2D eigenvalue weighted by Gasteiger charge is -2.32. The molecule has 1 aliphatic rings. The molecule has 1 heterocycles. The van der Waals surface area contributed by atoms with E-state index in [1.807, 2.05) is 36.4 Å². The zero-order chi connectivity index (χ0) is 23.0. The molecule has 1 N–H and O–H groups in total. The average molecular weight is 485 g/mol. The standard InChI is InChI=1S/C27H30Cl2N2O2/c1-32-26-16-22(15-25(29)27(26)33-19-21-7-9-23(28)10-8-21)17-30-24-11-13-31(14-12-24)18-20-5-3-2-4-6-20/h2-10,15-16,24,30H,11-14,17-19H2,1H3. The van der Waals surface area contributed by atoms with Gasteiger partial charge >= 0.3 is 0 Å². The van der Waals surface area contributed by atoms with Crippen LogP contribution >= 0.6 is 23.2 Å². The smallest absolute Gasteiger partial charge is 0.180 e. The molecule has 1 fully saturated rings. The first-order chi connectivity index (χ1) is 16.1. The minimum Gasteiger partial charge on any atom is -0.493 e. The van der Waals surface area contributed by atoms with Crippen LogP contribution in [0.2, 0.25) is 10.0 Å². The molecule has 1 saturated heterocycles. The highest BCUT2D eigenvalue weighted by Crippen LogP contribution is 2.37. The maximum absolute atomic E-state index is 6.56. The third-order valence-corrected chi connectivity index (χ3v) is 6.55. The van der Waals surface area contributed by atoms with Crippen molar-refractivity contribution in [1.29, 1.82) is 0 Å². The Bertz CT molecular complexity index is 1020. The second-order valence-electron chi connectivity index (χ2n) is 8.44. The van der Waals surface area contributed by atoms with Gasteiger partial charge in [-0.05, 0) is 66.9 Å². The highest BCUT2D eigenvalue weighted by molar-refractivity contribution is 6.32. The summed E-state index contributed by atoms with van der Waals surface area (Å²) >= 11 is 12.5. The van der Waals surface area contributed by atoms with Gasteiger partial charge in [-0.15, -0.1) is 0 Å². The number of nitrogens with one attached hydrogen (secondary N) is 1. The number of nitrogens with zero attached hydrogens (tertiary/aromatic N) is 1. The number of methoxy groups -OCH3 is 1. The SMILES string of the molecule is COc1cc(CNC2CCN(Cc3ccccc3)CC2)cc(Cl)c1OCc1ccc(Cl)cc1. The zero-order valence-electron chi connectivity index (χ0n) is 18.9. The number of halogens is 2. The van der Waals surface area contributed by atoms with E-state index in [4.69, 9.17) is 32.7 Å². The average Bonchev–Trinajstić information content (AvgIpc) is 2.84. The molecule has 0 atom stereocenters. The number of hydrogen-bond acceptors (Lipinski definition) is 4. The Hall–Kier alpha value is -2.24. The second-order valence-corrected chi connectivity index (χ2v) is 9.28. The van der Waals surface area contributed by atoms with E-state index in [2.05, 4.69) is 40.5 Å². The van der Waals surface area contributed by atoms with Gasteiger partial charge < -0.3 is 14.8 Å². The van der Waals surface area contributed by atoms with Crippen LogP contribution in [0.5, 0.6) is 11.5 Å². The molecule has 0 bridgehead atoms. The molecule has 1 aliphatic heterocycles. The van der Waals surface area contributed by atoms with Gasteiger partial charge in [0.15, 0.2) is 11.5 Å². The number of likely N-dealkylation sites (tertiary alicyclic amines) is 1. The monoisotopic (exact) mass is 484 g/mol. The molecule has 0 spiro atoms. The lowest BCUT2D eigenvalue weighted by Crippen LogP contribution is -2.41. The Morgan fingerprint density at radius 1 is 0.909 bits per heavy atom. The Balaban J connectivity index is 1.28. The number of ether oxygens (including phenoxy) is 2. The van der Waals surface area contributed by atoms with Crippen LogP contribution in [0.25, 0.3) is 0 Å². The number of hydrogen-bond donors (Lipinski definition) is 1. The summed E-state index contributed by atoms with van der Waals surface area (Å²) in [6, 6.07) is 22.7. The van der Waals surface area contributed by atoms with Gasteiger partial charge in [0.1, 0.15) is 6.61 Å². The second kappa shape index (κ2) is 11.8. The molecule has 4 rings (SSSR count). The maximum Gasteiger partial charge on any atom is 0.180 e. The number of piperidine rings is 1. The number of rotatable bonds is 9. The highest BCUT2D eigenvalue weighted by atomic mass is 35.5. The quantitative estimate of drug-likeness (QED) is 0.384. The zero-order valence-corrected chi connectivity index (χ0v) is 20.4. The van der Waals surface area contributed by atoms with Gasteiger partial charge in [0.25, 0.3) is 0 Å². The normalized spacial score (nSPS) is 14.9. The predicted octanol–water partition coefficient (Wildman–Crippen LogP) is 6.34. The molecule has 0 unspecified atom stereocenters. The van der Waals surface area contributed by atoms with E-state index in [-0.39, 0.29) is 0 Å². The Morgan fingerprint density at radius 2 is 1.64 bits per heavy atom. The Labute approximate surface area is 206 Å². The molecule has 0 radical (unpaired) electrons. The van der Waals surface area contributed by atoms with Crippen molar-refractivity contribution in [2.75, 3.05) is 20.2 Å². The van der Waals surface area contributed by atoms with Gasteiger partial charge in [-0.1, -0.05) is 65.7 Å². The Kier molecular flexibility index (Phi) is 8.51. The molecule has 0 aliphatic carbocycles. The van der Waals surface area contributed by atoms with Crippen molar-refractivity contribution in [1.82, 2.24) is 10.2 Å². The van der Waals surface area contributed by atoms with Crippen molar-refractivity contribution in [3.63, 3.8) is 0 Å². The molecular formula is C27H30Cl2N2O2. The fourth-order valence-corrected chi connectivity index (χ4v) is 4.56. The molecule has 4 nitrogen and oxygen atoms in total. The van der Waals surface area contributed by atoms with Crippen molar-refractivity contribution in [2.24, 2.45) is 0 Å². The lowest BCUT2D eigenvalue weighted by molar-refractivity contribution is 0.190. The van der Waals surface area contributed by atoms with Crippen LogP contribution in [-0.2, 0) is 19.7 Å². The summed E-state index contributed by atoms with van der Waals surface area (Å²) in [5.41, 5.74) is 3.48. The fraction of sp³-hybridized carbons (Fsp3) is 0.333. The first kappa shape index (κ1) is 23.9. The first-order valence-electron chi connectivity index (χ1n) is 11.3. The molecule has 6 heteroatoms. The molecule has 0 aromatic heterocycles. The van der Waals surface area contributed by atoms with Gasteiger partial charge in [-0.3, -0.25) is 4.90 Å². The fourth-order valence-electron chi connectivity index (χ4n) is 4.15. The van der Waals surface area contributed by atoms with Crippen LogP contribution < -0.4 is 14.8 Å². The van der Waals surface area contributed by atoms with Crippen molar-refractivity contribution in [2.45, 2.75) is 38.6 Å². The molecule has 33 heavy (non-hydrogen) atoms. The van der Waals surface area contributed by atoms with Gasteiger partial charge in [0, 0.05) is 24.2 Å². The topological polar surface area (TPSA) is 33.7 Å². The lowest BCUT2D eigenvalue weighted by atomic mass is 10.0. The van der Waals surface area contributed by atoms with E-state index in [1.165, 1.54) is 5.56 Å². The summed E-state index contributed by atoms with van der Waals surface area (Å²) in [4.78, 5) is 2.53. The number of benzene rings is 3. The maximum atomic E-state index is 6.56. The van der Waals surface area contributed by atoms with Gasteiger partial charge in [0.2, 0.25) is 0 Å². The van der Waals surface area contributed by atoms with E-state index in [0.717, 1.165) is 50.1 Å². The van der Waals surface area contributed by atoms with Crippen LogP contribution in [-0.4, -0.2) is 31.1 Å². The summed E-state index contributed by atoms with van der Waals surface area (Å²) in [5, 5.41) is 4.94. The molecule has 0 amide bonds. The van der Waals surface area contributed by atoms with E-state index < -0.39 is 0 Å². The first-order valence-corrected chi connectivity index (χ1v) is 12.1. The minimum atomic E-state index is 0.395. The van der Waals surface area contributed by atoms with Crippen LogP contribution in [0.15, 0.2) is 66.7 Å². The summed E-state index contributed by atoms with van der Waals surface area (Å²) in [5.74, 6) is 1.21. The van der Waals surface area contributed by atoms with E-state index in [9.17, 15) is 0 Å². The third kappa shape index (κ3) is 6.87. The van der Waals surface area contributed by atoms with E-state index in [0.29, 0.717) is 34.2 Å². The summed E-state index contributed by atoms with van der Waals surface area (Å²) in [6.45, 7) is 4.38. The summed E-state index contributed by atoms with van der Waals surface area (Å²) < 4.78 is 11.5. The molecule has 174 valence electrons. The molecule has 3 aromatic carbocycles. The van der Waals surface area contributed by atoms with Crippen molar-refractivity contribution >= 4 is 23.2 Å².